The van der Waals surface area contributed by atoms with Crippen molar-refractivity contribution in [1.82, 2.24) is 10.3 Å². The van der Waals surface area contributed by atoms with Crippen molar-refractivity contribution in [2.24, 2.45) is 0 Å². The first-order valence-corrected chi connectivity index (χ1v) is 8.52. The second-order valence-corrected chi connectivity index (χ2v) is 6.66. The summed E-state index contributed by atoms with van der Waals surface area (Å²) in [6.45, 7) is 0.849. The maximum atomic E-state index is 5.46. The zero-order valence-corrected chi connectivity index (χ0v) is 13.9. The lowest BCUT2D eigenvalue weighted by molar-refractivity contribution is 0.404. The summed E-state index contributed by atoms with van der Waals surface area (Å²) in [6.07, 6.45) is 7.21. The van der Waals surface area contributed by atoms with Crippen LogP contribution in [0.1, 0.15) is 30.7 Å². The van der Waals surface area contributed by atoms with Crippen molar-refractivity contribution < 1.29 is 9.47 Å². The maximum Gasteiger partial charge on any atom is 0.127 e. The van der Waals surface area contributed by atoms with E-state index in [2.05, 4.69) is 10.3 Å². The molecule has 0 saturated heterocycles. The third-order valence-electron chi connectivity index (χ3n) is 4.12. The van der Waals surface area contributed by atoms with Gasteiger partial charge < -0.3 is 14.8 Å². The molecule has 118 valence electrons. The molecule has 0 bridgehead atoms. The summed E-state index contributed by atoms with van der Waals surface area (Å²) in [7, 11) is 3.37. The van der Waals surface area contributed by atoms with Gasteiger partial charge in [0.1, 0.15) is 16.5 Å². The minimum Gasteiger partial charge on any atom is -0.497 e. The van der Waals surface area contributed by atoms with E-state index in [1.807, 2.05) is 24.4 Å². The highest BCUT2D eigenvalue weighted by Crippen LogP contribution is 2.36. The number of hydrogen-bond donors (Lipinski definition) is 1. The van der Waals surface area contributed by atoms with E-state index in [0.29, 0.717) is 6.04 Å². The van der Waals surface area contributed by atoms with Gasteiger partial charge in [0.2, 0.25) is 0 Å². The van der Waals surface area contributed by atoms with Crippen LogP contribution in [0.3, 0.4) is 0 Å². The summed E-state index contributed by atoms with van der Waals surface area (Å²) >= 11 is 1.71. The average molecular weight is 318 g/mol. The van der Waals surface area contributed by atoms with E-state index in [-0.39, 0.29) is 0 Å². The molecular weight excluding hydrogens is 296 g/mol. The molecule has 1 aromatic carbocycles. The molecule has 0 aliphatic heterocycles. The third kappa shape index (κ3) is 3.42. The fourth-order valence-electron chi connectivity index (χ4n) is 2.88. The van der Waals surface area contributed by atoms with E-state index in [4.69, 9.17) is 9.47 Å². The number of hydrogen-bond acceptors (Lipinski definition) is 5. The van der Waals surface area contributed by atoms with E-state index in [1.165, 1.54) is 25.7 Å². The fraction of sp³-hybridized carbons (Fsp3) is 0.471. The largest absolute Gasteiger partial charge is 0.497 e. The smallest absolute Gasteiger partial charge is 0.127 e. The van der Waals surface area contributed by atoms with Gasteiger partial charge in [-0.3, -0.25) is 0 Å². The average Bonchev–Trinajstić information content (AvgIpc) is 3.23. The summed E-state index contributed by atoms with van der Waals surface area (Å²) in [5.74, 6) is 1.68. The molecule has 0 atom stereocenters. The van der Waals surface area contributed by atoms with Crippen LogP contribution in [0.4, 0.5) is 0 Å². The Bertz CT molecular complexity index is 621. The minimum absolute atomic E-state index is 0.665. The number of nitrogens with zero attached hydrogens (tertiary/aromatic N) is 1. The number of nitrogens with one attached hydrogen (secondary N) is 1. The first-order valence-electron chi connectivity index (χ1n) is 7.70. The van der Waals surface area contributed by atoms with Crippen LogP contribution in [-0.4, -0.2) is 25.2 Å². The monoisotopic (exact) mass is 318 g/mol. The van der Waals surface area contributed by atoms with Crippen molar-refractivity contribution >= 4 is 11.3 Å². The Morgan fingerprint density at radius 2 is 2.05 bits per heavy atom. The lowest BCUT2D eigenvalue weighted by Gasteiger charge is -2.09. The molecule has 0 amide bonds. The first kappa shape index (κ1) is 15.3. The number of thiazole rings is 1. The number of benzene rings is 1. The highest BCUT2D eigenvalue weighted by Gasteiger charge is 2.15. The molecule has 0 spiro atoms. The third-order valence-corrected chi connectivity index (χ3v) is 5.15. The van der Waals surface area contributed by atoms with Gasteiger partial charge in [0, 0.05) is 24.3 Å². The van der Waals surface area contributed by atoms with Crippen molar-refractivity contribution in [1.29, 1.82) is 0 Å². The molecular formula is C17H22N2O2S. The standard InChI is InChI=1S/C17H22N2O2S/c1-20-13-7-8-15(21-2)14(9-13)16-10-19-17(22-16)11-18-12-5-3-4-6-12/h7-10,12,18H,3-6,11H2,1-2H3. The van der Waals surface area contributed by atoms with Crippen molar-refractivity contribution in [2.75, 3.05) is 14.2 Å². The summed E-state index contributed by atoms with van der Waals surface area (Å²) in [4.78, 5) is 5.65. The van der Waals surface area contributed by atoms with Crippen molar-refractivity contribution in [3.63, 3.8) is 0 Å². The second-order valence-electron chi connectivity index (χ2n) is 5.55. The van der Waals surface area contributed by atoms with Crippen LogP contribution in [0.2, 0.25) is 0 Å². The maximum absolute atomic E-state index is 5.46. The molecule has 1 N–H and O–H groups in total. The van der Waals surface area contributed by atoms with Gasteiger partial charge in [-0.15, -0.1) is 11.3 Å². The molecule has 0 unspecified atom stereocenters. The van der Waals surface area contributed by atoms with Crippen molar-refractivity contribution in [3.05, 3.63) is 29.4 Å². The summed E-state index contributed by atoms with van der Waals surface area (Å²) in [5.41, 5.74) is 1.03. The molecule has 1 aliphatic rings. The van der Waals surface area contributed by atoms with Crippen LogP contribution in [-0.2, 0) is 6.54 Å². The summed E-state index contributed by atoms with van der Waals surface area (Å²) in [6, 6.07) is 6.51. The van der Waals surface area contributed by atoms with Crippen LogP contribution >= 0.6 is 11.3 Å². The first-order chi connectivity index (χ1) is 10.8. The Hall–Kier alpha value is -1.59. The van der Waals surface area contributed by atoms with E-state index >= 15 is 0 Å². The topological polar surface area (TPSA) is 43.4 Å². The van der Waals surface area contributed by atoms with Gasteiger partial charge in [0.15, 0.2) is 0 Å². The van der Waals surface area contributed by atoms with Crippen LogP contribution in [0, 0.1) is 0 Å². The Balaban J connectivity index is 1.74. The summed E-state index contributed by atoms with van der Waals surface area (Å²) < 4.78 is 10.8. The lowest BCUT2D eigenvalue weighted by atomic mass is 10.1. The summed E-state index contributed by atoms with van der Waals surface area (Å²) in [5, 5.41) is 4.72. The molecule has 3 rings (SSSR count). The Kier molecular flexibility index (Phi) is 4.95. The van der Waals surface area contributed by atoms with Gasteiger partial charge in [-0.05, 0) is 31.0 Å². The SMILES string of the molecule is COc1ccc(OC)c(-c2cnc(CNC3CCCC3)s2)c1. The molecule has 1 saturated carbocycles. The zero-order chi connectivity index (χ0) is 15.4. The van der Waals surface area contributed by atoms with E-state index in [9.17, 15) is 0 Å². The molecule has 0 radical (unpaired) electrons. The lowest BCUT2D eigenvalue weighted by Crippen LogP contribution is -2.25. The van der Waals surface area contributed by atoms with Gasteiger partial charge in [-0.25, -0.2) is 4.98 Å². The van der Waals surface area contributed by atoms with Gasteiger partial charge in [0.25, 0.3) is 0 Å². The molecule has 1 aliphatic carbocycles. The van der Waals surface area contributed by atoms with Crippen LogP contribution in [0.25, 0.3) is 10.4 Å². The van der Waals surface area contributed by atoms with Crippen molar-refractivity contribution in [3.8, 4) is 21.9 Å². The molecule has 2 aromatic rings. The minimum atomic E-state index is 0.665. The van der Waals surface area contributed by atoms with Crippen LogP contribution in [0.15, 0.2) is 24.4 Å². The highest BCUT2D eigenvalue weighted by molar-refractivity contribution is 7.15. The quantitative estimate of drug-likeness (QED) is 0.878. The highest BCUT2D eigenvalue weighted by atomic mass is 32.1. The number of methoxy groups -OCH3 is 2. The number of ether oxygens (including phenoxy) is 2. The Morgan fingerprint density at radius 3 is 2.77 bits per heavy atom. The van der Waals surface area contributed by atoms with Crippen LogP contribution in [0.5, 0.6) is 11.5 Å². The number of rotatable bonds is 6. The predicted octanol–water partition coefficient (Wildman–Crippen LogP) is 3.86. The van der Waals surface area contributed by atoms with Gasteiger partial charge in [-0.1, -0.05) is 12.8 Å². The van der Waals surface area contributed by atoms with Gasteiger partial charge in [-0.2, -0.15) is 0 Å². The molecule has 1 fully saturated rings. The molecule has 1 heterocycles. The predicted molar refractivity (Wildman–Crippen MR) is 89.7 cm³/mol. The Labute approximate surface area is 135 Å². The Morgan fingerprint density at radius 1 is 1.23 bits per heavy atom. The molecule has 1 aromatic heterocycles. The molecule has 22 heavy (non-hydrogen) atoms. The van der Waals surface area contributed by atoms with E-state index in [0.717, 1.165) is 33.5 Å². The van der Waals surface area contributed by atoms with Gasteiger partial charge in [0.05, 0.1) is 19.1 Å². The zero-order valence-electron chi connectivity index (χ0n) is 13.1. The fourth-order valence-corrected chi connectivity index (χ4v) is 3.77. The van der Waals surface area contributed by atoms with E-state index < -0.39 is 0 Å². The second kappa shape index (κ2) is 7.11. The van der Waals surface area contributed by atoms with E-state index in [1.54, 1.807) is 25.6 Å². The number of aromatic nitrogens is 1. The molecule has 5 heteroatoms. The van der Waals surface area contributed by atoms with Gasteiger partial charge >= 0.3 is 0 Å². The van der Waals surface area contributed by atoms with Crippen LogP contribution < -0.4 is 14.8 Å². The molecule has 4 nitrogen and oxygen atoms in total. The normalized spacial score (nSPS) is 15.2. The van der Waals surface area contributed by atoms with Crippen molar-refractivity contribution in [2.45, 2.75) is 38.3 Å².